The van der Waals surface area contributed by atoms with Crippen LogP contribution in [0, 0.1) is 0 Å². The molecule has 174 valence electrons. The molecule has 3 aliphatic rings. The smallest absolute Gasteiger partial charge is 0.331 e. The molecule has 3 atom stereocenters. The molecule has 0 saturated carbocycles. The lowest BCUT2D eigenvalue weighted by Gasteiger charge is -2.38. The first-order valence-corrected chi connectivity index (χ1v) is 11.7. The van der Waals surface area contributed by atoms with Crippen molar-refractivity contribution >= 4 is 55.5 Å². The number of nitrogens with two attached hydrogens (primary N) is 1. The van der Waals surface area contributed by atoms with Crippen LogP contribution in [0.15, 0.2) is 48.5 Å². The number of hydrogen-bond acceptors (Lipinski definition) is 5. The molecule has 8 nitrogen and oxygen atoms in total. The molecule has 3 aliphatic heterocycles. The topological polar surface area (TPSA) is 101 Å². The highest BCUT2D eigenvalue weighted by Crippen LogP contribution is 2.57. The number of methoxy groups -OCH3 is 1. The third kappa shape index (κ3) is 1.89. The van der Waals surface area contributed by atoms with Crippen molar-refractivity contribution in [3.63, 3.8) is 0 Å². The fraction of sp³-hybridized carbons (Fsp3) is 0.259. The fourth-order valence-electron chi connectivity index (χ4n) is 6.95. The van der Waals surface area contributed by atoms with Crippen LogP contribution < -0.4 is 11.1 Å². The van der Waals surface area contributed by atoms with Gasteiger partial charge in [0.15, 0.2) is 11.3 Å². The molecule has 1 saturated heterocycles. The van der Waals surface area contributed by atoms with Crippen molar-refractivity contribution in [3.8, 4) is 0 Å². The van der Waals surface area contributed by atoms with Crippen molar-refractivity contribution in [1.29, 1.82) is 0 Å². The molecular weight excluding hydrogens is 444 g/mol. The van der Waals surface area contributed by atoms with E-state index in [1.165, 1.54) is 7.11 Å². The predicted octanol–water partition coefficient (Wildman–Crippen LogP) is 3.62. The first-order valence-electron chi connectivity index (χ1n) is 11.7. The third-order valence-electron chi connectivity index (χ3n) is 8.47. The molecule has 1 fully saturated rings. The van der Waals surface area contributed by atoms with Crippen molar-refractivity contribution in [2.45, 2.75) is 37.4 Å². The predicted molar refractivity (Wildman–Crippen MR) is 131 cm³/mol. The van der Waals surface area contributed by atoms with E-state index in [1.54, 1.807) is 0 Å². The van der Waals surface area contributed by atoms with Gasteiger partial charge < -0.3 is 29.7 Å². The molecule has 3 N–H and O–H groups in total. The van der Waals surface area contributed by atoms with Crippen molar-refractivity contribution in [2.24, 2.45) is 5.73 Å². The monoisotopic (exact) mass is 466 g/mol. The highest BCUT2D eigenvalue weighted by Gasteiger charge is 2.64. The molecule has 2 unspecified atom stereocenters. The summed E-state index contributed by atoms with van der Waals surface area (Å²) in [5, 5.41) is 6.95. The van der Waals surface area contributed by atoms with Gasteiger partial charge in [-0.05, 0) is 24.6 Å². The molecule has 1 amide bonds. The molecule has 35 heavy (non-hydrogen) atoms. The normalized spacial score (nSPS) is 26.7. The zero-order valence-corrected chi connectivity index (χ0v) is 19.2. The van der Waals surface area contributed by atoms with E-state index in [9.17, 15) is 9.59 Å². The summed E-state index contributed by atoms with van der Waals surface area (Å²) in [6, 6.07) is 16.1. The summed E-state index contributed by atoms with van der Waals surface area (Å²) < 4.78 is 16.3. The van der Waals surface area contributed by atoms with Gasteiger partial charge in [-0.3, -0.25) is 4.79 Å². The zero-order chi connectivity index (χ0) is 23.9. The van der Waals surface area contributed by atoms with Crippen LogP contribution in [0.2, 0.25) is 0 Å². The second kappa shape index (κ2) is 5.84. The molecular formula is C27H22N4O4. The van der Waals surface area contributed by atoms with E-state index < -0.39 is 23.5 Å². The molecule has 8 heteroatoms. The third-order valence-corrected chi connectivity index (χ3v) is 8.47. The van der Waals surface area contributed by atoms with Gasteiger partial charge in [0.05, 0.1) is 34.7 Å². The van der Waals surface area contributed by atoms with Gasteiger partial charge in [0.1, 0.15) is 6.23 Å². The first kappa shape index (κ1) is 19.4. The van der Waals surface area contributed by atoms with Crippen LogP contribution in [0.5, 0.6) is 0 Å². The van der Waals surface area contributed by atoms with Gasteiger partial charge in [0, 0.05) is 34.5 Å². The van der Waals surface area contributed by atoms with Gasteiger partial charge in [0.2, 0.25) is 0 Å². The Balaban J connectivity index is 1.73. The number of carbonyl (C=O) groups excluding carboxylic acids is 2. The Morgan fingerprint density at radius 2 is 1.77 bits per heavy atom. The van der Waals surface area contributed by atoms with Gasteiger partial charge in [0.25, 0.3) is 5.91 Å². The molecule has 2 bridgehead atoms. The molecule has 0 radical (unpaired) electrons. The van der Waals surface area contributed by atoms with Crippen molar-refractivity contribution in [3.05, 3.63) is 59.7 Å². The van der Waals surface area contributed by atoms with Crippen LogP contribution >= 0.6 is 0 Å². The Bertz CT molecular complexity index is 1830. The van der Waals surface area contributed by atoms with E-state index in [-0.39, 0.29) is 12.3 Å². The molecule has 0 aliphatic carbocycles. The molecule has 0 spiro atoms. The number of nitrogens with one attached hydrogen (secondary N) is 1. The summed E-state index contributed by atoms with van der Waals surface area (Å²) in [7, 11) is 1.36. The quantitative estimate of drug-likeness (QED) is 0.368. The fourth-order valence-corrected chi connectivity index (χ4v) is 6.95. The Labute approximate surface area is 199 Å². The second-order valence-electron chi connectivity index (χ2n) is 9.95. The Morgan fingerprint density at radius 3 is 2.51 bits per heavy atom. The van der Waals surface area contributed by atoms with E-state index in [0.29, 0.717) is 6.54 Å². The molecule has 8 rings (SSSR count). The number of carbonyl (C=O) groups is 2. The number of hydrogen-bond donors (Lipinski definition) is 2. The minimum atomic E-state index is -1.43. The van der Waals surface area contributed by atoms with E-state index in [1.807, 2.05) is 49.4 Å². The van der Waals surface area contributed by atoms with Crippen LogP contribution in [-0.2, 0) is 26.5 Å². The van der Waals surface area contributed by atoms with Crippen LogP contribution in [0.3, 0.4) is 0 Å². The van der Waals surface area contributed by atoms with Crippen molar-refractivity contribution in [1.82, 2.24) is 14.5 Å². The number of amides is 1. The van der Waals surface area contributed by atoms with Crippen molar-refractivity contribution in [2.75, 3.05) is 7.11 Å². The number of aromatic nitrogens is 2. The van der Waals surface area contributed by atoms with Gasteiger partial charge in [-0.15, -0.1) is 0 Å². The summed E-state index contributed by atoms with van der Waals surface area (Å²) in [6.45, 7) is 2.33. The van der Waals surface area contributed by atoms with Gasteiger partial charge in [-0.1, -0.05) is 36.4 Å². The molecule has 5 heterocycles. The van der Waals surface area contributed by atoms with E-state index in [4.69, 9.17) is 15.2 Å². The van der Waals surface area contributed by atoms with Crippen molar-refractivity contribution < 1.29 is 19.1 Å². The highest BCUT2D eigenvalue weighted by molar-refractivity contribution is 6.31. The van der Waals surface area contributed by atoms with E-state index in [2.05, 4.69) is 20.5 Å². The van der Waals surface area contributed by atoms with E-state index >= 15 is 0 Å². The number of benzene rings is 3. The average Bonchev–Trinajstić information content (AvgIpc) is 3.55. The Hall–Kier alpha value is -3.88. The van der Waals surface area contributed by atoms with Crippen LogP contribution in [0.25, 0.3) is 43.6 Å². The lowest BCUT2D eigenvalue weighted by Crippen LogP contribution is -2.62. The maximum Gasteiger partial charge on any atom is 0.331 e. The average molecular weight is 466 g/mol. The second-order valence-corrected chi connectivity index (χ2v) is 9.95. The van der Waals surface area contributed by atoms with Crippen LogP contribution in [0.1, 0.15) is 35.5 Å². The minimum absolute atomic E-state index is 0.0640. The summed E-state index contributed by atoms with van der Waals surface area (Å²) >= 11 is 0. The number of nitrogens with zero attached hydrogens (tertiary/aromatic N) is 2. The largest absolute Gasteiger partial charge is 0.468 e. The van der Waals surface area contributed by atoms with E-state index in [0.717, 1.165) is 54.7 Å². The number of ether oxygens (including phenoxy) is 2. The standard InChI is InChI=1S/C27H22N4O4/c1-26-27(28,25(33)34-2)11-18(35-26)30-16-9-5-3-7-13(16)20-21-15(12-29-24(21)32)19-14-8-4-6-10-17(14)31(26)23(19)22(20)30/h3-10,18H,11-12,28H2,1-2H3,(H,29,32)/t18?,26?,27-/m0/s1. The number of fused-ring (bicyclic) bond motifs is 13. The number of rotatable bonds is 1. The number of esters is 1. The summed E-state index contributed by atoms with van der Waals surface area (Å²) in [5.74, 6) is -0.575. The maximum absolute atomic E-state index is 13.3. The Kier molecular flexibility index (Phi) is 3.24. The minimum Gasteiger partial charge on any atom is -0.468 e. The van der Waals surface area contributed by atoms with Gasteiger partial charge in [-0.2, -0.15) is 0 Å². The van der Waals surface area contributed by atoms with Crippen LogP contribution in [0.4, 0.5) is 0 Å². The van der Waals surface area contributed by atoms with Gasteiger partial charge >= 0.3 is 5.97 Å². The highest BCUT2D eigenvalue weighted by atomic mass is 16.6. The number of para-hydroxylation sites is 2. The maximum atomic E-state index is 13.3. The summed E-state index contributed by atoms with van der Waals surface area (Å²) in [5.41, 5.74) is 9.71. The first-order chi connectivity index (χ1) is 16.9. The summed E-state index contributed by atoms with van der Waals surface area (Å²) in [6.07, 6.45) is -0.281. The molecule has 2 aromatic heterocycles. The zero-order valence-electron chi connectivity index (χ0n) is 19.2. The molecule has 3 aromatic carbocycles. The lowest BCUT2D eigenvalue weighted by atomic mass is 9.86. The van der Waals surface area contributed by atoms with Gasteiger partial charge in [-0.25, -0.2) is 4.79 Å². The lowest BCUT2D eigenvalue weighted by molar-refractivity contribution is -0.165. The summed E-state index contributed by atoms with van der Waals surface area (Å²) in [4.78, 5) is 26.5. The SMILES string of the molecule is COC(=O)[C@@]1(N)CC2OC1(C)n1c3ccccc3c3c4c(c5c6ccccc6n2c5c31)C(=O)NC4. The molecule has 5 aromatic rings. The Morgan fingerprint density at radius 1 is 1.09 bits per heavy atom. The van der Waals surface area contributed by atoms with Crippen LogP contribution in [-0.4, -0.2) is 33.7 Å².